The zero-order valence-corrected chi connectivity index (χ0v) is 11.0. The van der Waals surface area contributed by atoms with Crippen molar-refractivity contribution < 1.29 is 14.3 Å². The van der Waals surface area contributed by atoms with E-state index in [1.165, 1.54) is 0 Å². The number of amides is 1. The third-order valence-electron chi connectivity index (χ3n) is 2.40. The van der Waals surface area contributed by atoms with Crippen molar-refractivity contribution in [2.24, 2.45) is 0 Å². The Balaban J connectivity index is 2.49. The highest BCUT2D eigenvalue weighted by Crippen LogP contribution is 2.29. The third-order valence-corrected chi connectivity index (χ3v) is 2.40. The lowest BCUT2D eigenvalue weighted by Gasteiger charge is -2.11. The molecule has 0 aromatic heterocycles. The molecular formula is C13H17N3O3. The van der Waals surface area contributed by atoms with Gasteiger partial charge in [0.05, 0.1) is 33.3 Å². The highest BCUT2D eigenvalue weighted by Gasteiger charge is 2.05. The van der Waals surface area contributed by atoms with Crippen LogP contribution in [-0.4, -0.2) is 33.2 Å². The van der Waals surface area contributed by atoms with Crippen LogP contribution in [0.1, 0.15) is 6.42 Å². The van der Waals surface area contributed by atoms with Gasteiger partial charge in [-0.25, -0.2) is 0 Å². The summed E-state index contributed by atoms with van der Waals surface area (Å²) in [6.07, 6.45) is 0.308. The average molecular weight is 263 g/mol. The van der Waals surface area contributed by atoms with Gasteiger partial charge in [0.15, 0.2) is 11.5 Å². The minimum atomic E-state index is -0.162. The van der Waals surface area contributed by atoms with Gasteiger partial charge in [0.25, 0.3) is 0 Å². The molecule has 6 heteroatoms. The fourth-order valence-corrected chi connectivity index (χ4v) is 1.45. The van der Waals surface area contributed by atoms with Crippen LogP contribution in [0.15, 0.2) is 18.2 Å². The number of nitriles is 1. The number of nitrogens with one attached hydrogen (secondary N) is 2. The molecular weight excluding hydrogens is 246 g/mol. The second-order valence-corrected chi connectivity index (χ2v) is 3.68. The first-order valence-electron chi connectivity index (χ1n) is 5.80. The van der Waals surface area contributed by atoms with Gasteiger partial charge in [-0.3, -0.25) is 4.79 Å². The Bertz CT molecular complexity index is 469. The Labute approximate surface area is 112 Å². The van der Waals surface area contributed by atoms with Crippen molar-refractivity contribution in [3.05, 3.63) is 18.2 Å². The molecule has 0 spiro atoms. The predicted molar refractivity (Wildman–Crippen MR) is 71.3 cm³/mol. The van der Waals surface area contributed by atoms with Gasteiger partial charge in [0.2, 0.25) is 5.91 Å². The Kier molecular flexibility index (Phi) is 6.03. The highest BCUT2D eigenvalue weighted by atomic mass is 16.5. The van der Waals surface area contributed by atoms with E-state index in [1.54, 1.807) is 32.4 Å². The number of methoxy groups -OCH3 is 2. The summed E-state index contributed by atoms with van der Waals surface area (Å²) >= 11 is 0. The Morgan fingerprint density at radius 1 is 1.32 bits per heavy atom. The molecule has 6 nitrogen and oxygen atoms in total. The average Bonchev–Trinajstić information content (AvgIpc) is 2.45. The smallest absolute Gasteiger partial charge is 0.239 e. The number of nitrogens with zero attached hydrogens (tertiary/aromatic N) is 1. The first-order chi connectivity index (χ1) is 9.21. The van der Waals surface area contributed by atoms with E-state index in [-0.39, 0.29) is 12.5 Å². The molecule has 0 radical (unpaired) electrons. The number of carbonyl (C=O) groups excluding carboxylic acids is 1. The van der Waals surface area contributed by atoms with Gasteiger partial charge in [0.1, 0.15) is 0 Å². The molecule has 0 heterocycles. The third kappa shape index (κ3) is 4.76. The van der Waals surface area contributed by atoms with E-state index >= 15 is 0 Å². The Hall–Kier alpha value is -2.42. The van der Waals surface area contributed by atoms with Crippen LogP contribution in [0.3, 0.4) is 0 Å². The van der Waals surface area contributed by atoms with Gasteiger partial charge in [0, 0.05) is 18.3 Å². The molecule has 0 fully saturated rings. The van der Waals surface area contributed by atoms with Gasteiger partial charge in [-0.05, 0) is 12.1 Å². The fraction of sp³-hybridized carbons (Fsp3) is 0.385. The van der Waals surface area contributed by atoms with Gasteiger partial charge < -0.3 is 20.1 Å². The van der Waals surface area contributed by atoms with Crippen LogP contribution in [-0.2, 0) is 4.79 Å². The van der Waals surface area contributed by atoms with Gasteiger partial charge in [-0.1, -0.05) is 0 Å². The van der Waals surface area contributed by atoms with Crippen molar-refractivity contribution in [2.75, 3.05) is 32.6 Å². The normalized spacial score (nSPS) is 9.32. The molecule has 0 bridgehead atoms. The maximum Gasteiger partial charge on any atom is 0.239 e. The molecule has 0 saturated carbocycles. The van der Waals surface area contributed by atoms with Crippen molar-refractivity contribution in [2.45, 2.75) is 6.42 Å². The maximum absolute atomic E-state index is 11.4. The van der Waals surface area contributed by atoms with Crippen LogP contribution in [0.5, 0.6) is 11.5 Å². The summed E-state index contributed by atoms with van der Waals surface area (Å²) in [7, 11) is 3.11. The first-order valence-corrected chi connectivity index (χ1v) is 5.80. The second-order valence-electron chi connectivity index (χ2n) is 3.68. The topological polar surface area (TPSA) is 83.4 Å². The van der Waals surface area contributed by atoms with Gasteiger partial charge >= 0.3 is 0 Å². The van der Waals surface area contributed by atoms with Crippen LogP contribution in [0.4, 0.5) is 5.69 Å². The molecule has 0 saturated heterocycles. The lowest BCUT2D eigenvalue weighted by molar-refractivity contribution is -0.119. The fourth-order valence-electron chi connectivity index (χ4n) is 1.45. The zero-order chi connectivity index (χ0) is 14.1. The molecule has 2 N–H and O–H groups in total. The molecule has 0 aliphatic rings. The summed E-state index contributed by atoms with van der Waals surface area (Å²) in [5, 5.41) is 13.9. The van der Waals surface area contributed by atoms with Crippen LogP contribution in [0.2, 0.25) is 0 Å². The van der Waals surface area contributed by atoms with Gasteiger partial charge in [-0.2, -0.15) is 5.26 Å². The number of carbonyl (C=O) groups is 1. The minimum absolute atomic E-state index is 0.140. The van der Waals surface area contributed by atoms with E-state index in [1.807, 2.05) is 6.07 Å². The van der Waals surface area contributed by atoms with Crippen molar-refractivity contribution in [1.29, 1.82) is 5.26 Å². The largest absolute Gasteiger partial charge is 0.493 e. The second kappa shape index (κ2) is 7.82. The molecule has 1 rings (SSSR count). The van der Waals surface area contributed by atoms with Crippen LogP contribution in [0.25, 0.3) is 0 Å². The minimum Gasteiger partial charge on any atom is -0.493 e. The summed E-state index contributed by atoms with van der Waals surface area (Å²) in [6, 6.07) is 7.26. The molecule has 19 heavy (non-hydrogen) atoms. The van der Waals surface area contributed by atoms with Crippen LogP contribution >= 0.6 is 0 Å². The van der Waals surface area contributed by atoms with Crippen molar-refractivity contribution in [1.82, 2.24) is 5.32 Å². The maximum atomic E-state index is 11.4. The lowest BCUT2D eigenvalue weighted by Crippen LogP contribution is -2.30. The number of benzene rings is 1. The van der Waals surface area contributed by atoms with E-state index in [2.05, 4.69) is 10.6 Å². The first kappa shape index (κ1) is 14.6. The zero-order valence-electron chi connectivity index (χ0n) is 11.0. The standard InChI is InChI=1S/C13H17N3O3/c1-18-11-5-4-10(8-12(11)19-2)16-9-13(17)15-7-3-6-14/h4-5,8,16H,3,7,9H2,1-2H3,(H,15,17). The number of ether oxygens (including phenoxy) is 2. The highest BCUT2D eigenvalue weighted by molar-refractivity contribution is 5.80. The Morgan fingerprint density at radius 2 is 2.05 bits per heavy atom. The molecule has 1 aromatic rings. The summed E-state index contributed by atoms with van der Waals surface area (Å²) in [6.45, 7) is 0.504. The molecule has 1 amide bonds. The van der Waals surface area contributed by atoms with Crippen molar-refractivity contribution >= 4 is 11.6 Å². The Morgan fingerprint density at radius 3 is 2.68 bits per heavy atom. The summed E-state index contributed by atoms with van der Waals surface area (Å²) in [5.41, 5.74) is 0.757. The summed E-state index contributed by atoms with van der Waals surface area (Å²) < 4.78 is 10.3. The number of anilines is 1. The van der Waals surface area contributed by atoms with E-state index in [4.69, 9.17) is 14.7 Å². The summed E-state index contributed by atoms with van der Waals surface area (Å²) in [5.74, 6) is 1.06. The lowest BCUT2D eigenvalue weighted by atomic mass is 10.2. The molecule has 0 aliphatic heterocycles. The molecule has 0 aliphatic carbocycles. The molecule has 0 unspecified atom stereocenters. The molecule has 1 aromatic carbocycles. The van der Waals surface area contributed by atoms with Crippen molar-refractivity contribution in [3.8, 4) is 17.6 Å². The number of hydrogen-bond donors (Lipinski definition) is 2. The predicted octanol–water partition coefficient (Wildman–Crippen LogP) is 1.15. The number of rotatable bonds is 7. The van der Waals surface area contributed by atoms with E-state index in [9.17, 15) is 4.79 Å². The van der Waals surface area contributed by atoms with E-state index < -0.39 is 0 Å². The van der Waals surface area contributed by atoms with Crippen LogP contribution < -0.4 is 20.1 Å². The summed E-state index contributed by atoms with van der Waals surface area (Å²) in [4.78, 5) is 11.4. The SMILES string of the molecule is COc1ccc(NCC(=O)NCCC#N)cc1OC. The van der Waals surface area contributed by atoms with Gasteiger partial charge in [-0.15, -0.1) is 0 Å². The van der Waals surface area contributed by atoms with E-state index in [0.29, 0.717) is 24.5 Å². The molecule has 0 atom stereocenters. The van der Waals surface area contributed by atoms with Crippen molar-refractivity contribution in [3.63, 3.8) is 0 Å². The van der Waals surface area contributed by atoms with E-state index in [0.717, 1.165) is 5.69 Å². The monoisotopic (exact) mass is 263 g/mol. The van der Waals surface area contributed by atoms with Crippen LogP contribution in [0, 0.1) is 11.3 Å². The number of hydrogen-bond acceptors (Lipinski definition) is 5. The molecule has 102 valence electrons. The quantitative estimate of drug-likeness (QED) is 0.721.